The maximum atomic E-state index is 11.8. The molecule has 0 saturated heterocycles. The van der Waals surface area contributed by atoms with Gasteiger partial charge in [-0.05, 0) is 11.4 Å². The average molecular weight is 327 g/mol. The number of hydrogen-bond acceptors (Lipinski definition) is 6. The van der Waals surface area contributed by atoms with Crippen molar-refractivity contribution in [2.45, 2.75) is 12.2 Å². The Balaban J connectivity index is 1.80. The molecule has 20 heavy (non-hydrogen) atoms. The number of thioether (sulfide) groups is 1. The minimum atomic E-state index is -0.338. The maximum Gasteiger partial charge on any atom is 0.231 e. The molecule has 0 aliphatic carbocycles. The molecular weight excluding hydrogens is 314 g/mol. The molecule has 0 saturated carbocycles. The minimum Gasteiger partial charge on any atom is -0.369 e. The summed E-state index contributed by atoms with van der Waals surface area (Å²) in [6.07, 6.45) is 0.364. The summed E-state index contributed by atoms with van der Waals surface area (Å²) in [7, 11) is 0. The molecule has 106 valence electrons. The summed E-state index contributed by atoms with van der Waals surface area (Å²) in [6.45, 7) is 0. The van der Waals surface area contributed by atoms with E-state index in [1.165, 1.54) is 23.1 Å². The van der Waals surface area contributed by atoms with Crippen LogP contribution in [0.15, 0.2) is 22.9 Å². The largest absolute Gasteiger partial charge is 0.369 e. The van der Waals surface area contributed by atoms with Gasteiger partial charge in [0.05, 0.1) is 17.9 Å². The lowest BCUT2D eigenvalue weighted by molar-refractivity contribution is -0.116. The summed E-state index contributed by atoms with van der Waals surface area (Å²) in [6, 6.07) is 3.85. The molecule has 0 aromatic carbocycles. The Labute approximate surface area is 128 Å². The highest BCUT2D eigenvalue weighted by atomic mass is 32.2. The highest BCUT2D eigenvalue weighted by Crippen LogP contribution is 2.20. The van der Waals surface area contributed by atoms with Crippen LogP contribution in [0.4, 0.5) is 5.13 Å². The van der Waals surface area contributed by atoms with E-state index in [-0.39, 0.29) is 17.6 Å². The van der Waals surface area contributed by atoms with Crippen LogP contribution >= 0.6 is 34.4 Å². The molecule has 0 fully saturated rings. The third kappa shape index (κ3) is 4.95. The first-order valence-corrected chi connectivity index (χ1v) is 8.67. The number of thiazole rings is 1. The zero-order chi connectivity index (χ0) is 14.4. The first-order chi connectivity index (χ1) is 9.63. The molecule has 0 spiro atoms. The van der Waals surface area contributed by atoms with Gasteiger partial charge in [0.25, 0.3) is 0 Å². The SMILES string of the molecule is NC(=O)CSCc1csc(NC(=O)Cc2cccs2)n1. The van der Waals surface area contributed by atoms with Crippen molar-refractivity contribution in [3.8, 4) is 0 Å². The molecular formula is C12H13N3O2S3. The molecule has 2 rings (SSSR count). The molecule has 0 unspecified atom stereocenters. The number of aromatic nitrogens is 1. The third-order valence-corrected chi connectivity index (χ3v) is 4.88. The molecule has 0 aliphatic rings. The molecule has 0 radical (unpaired) electrons. The summed E-state index contributed by atoms with van der Waals surface area (Å²) in [4.78, 5) is 27.7. The van der Waals surface area contributed by atoms with E-state index in [0.29, 0.717) is 17.3 Å². The van der Waals surface area contributed by atoms with Crippen molar-refractivity contribution in [2.75, 3.05) is 11.1 Å². The lowest BCUT2D eigenvalue weighted by Gasteiger charge is -1.99. The van der Waals surface area contributed by atoms with E-state index in [9.17, 15) is 9.59 Å². The number of nitrogens with one attached hydrogen (secondary N) is 1. The van der Waals surface area contributed by atoms with E-state index in [2.05, 4.69) is 10.3 Å². The van der Waals surface area contributed by atoms with Crippen LogP contribution in [-0.4, -0.2) is 22.6 Å². The van der Waals surface area contributed by atoms with Crippen LogP contribution in [-0.2, 0) is 21.8 Å². The van der Waals surface area contributed by atoms with Gasteiger partial charge in [0.15, 0.2) is 5.13 Å². The number of nitrogens with zero attached hydrogens (tertiary/aromatic N) is 1. The van der Waals surface area contributed by atoms with E-state index in [1.807, 2.05) is 22.9 Å². The highest BCUT2D eigenvalue weighted by molar-refractivity contribution is 7.99. The number of rotatable bonds is 7. The first-order valence-electron chi connectivity index (χ1n) is 5.76. The van der Waals surface area contributed by atoms with E-state index in [4.69, 9.17) is 5.73 Å². The number of primary amides is 1. The quantitative estimate of drug-likeness (QED) is 0.815. The molecule has 2 amide bonds. The zero-order valence-electron chi connectivity index (χ0n) is 10.5. The van der Waals surface area contributed by atoms with E-state index >= 15 is 0 Å². The second kappa shape index (κ2) is 7.41. The molecule has 5 nitrogen and oxygen atoms in total. The molecule has 2 aromatic rings. The Morgan fingerprint density at radius 2 is 2.25 bits per heavy atom. The normalized spacial score (nSPS) is 10.4. The fraction of sp³-hybridized carbons (Fsp3) is 0.250. The molecule has 3 N–H and O–H groups in total. The standard InChI is InChI=1S/C12H13N3O2S3/c13-10(16)7-18-5-8-6-20-12(14-8)15-11(17)4-9-2-1-3-19-9/h1-3,6H,4-5,7H2,(H2,13,16)(H,14,15,17). The van der Waals surface area contributed by atoms with Crippen molar-refractivity contribution in [3.63, 3.8) is 0 Å². The third-order valence-electron chi connectivity index (χ3n) is 2.21. The van der Waals surface area contributed by atoms with Crippen LogP contribution in [0.5, 0.6) is 0 Å². The van der Waals surface area contributed by atoms with Gasteiger partial charge in [-0.2, -0.15) is 0 Å². The number of carbonyl (C=O) groups excluding carboxylic acids is 2. The Bertz CT molecular complexity index is 581. The van der Waals surface area contributed by atoms with Gasteiger partial charge in [-0.15, -0.1) is 34.4 Å². The van der Waals surface area contributed by atoms with Crippen molar-refractivity contribution in [3.05, 3.63) is 33.5 Å². The number of carbonyl (C=O) groups is 2. The van der Waals surface area contributed by atoms with Crippen LogP contribution in [0, 0.1) is 0 Å². The monoisotopic (exact) mass is 327 g/mol. The number of thiophene rings is 1. The predicted molar refractivity (Wildman–Crippen MR) is 84.1 cm³/mol. The smallest absolute Gasteiger partial charge is 0.231 e. The van der Waals surface area contributed by atoms with Crippen molar-refractivity contribution < 1.29 is 9.59 Å². The van der Waals surface area contributed by atoms with Gasteiger partial charge >= 0.3 is 0 Å². The van der Waals surface area contributed by atoms with Gasteiger partial charge in [-0.3, -0.25) is 9.59 Å². The number of anilines is 1. The van der Waals surface area contributed by atoms with Gasteiger partial charge in [0.2, 0.25) is 11.8 Å². The predicted octanol–water partition coefficient (Wildman–Crippen LogP) is 2.10. The van der Waals surface area contributed by atoms with Gasteiger partial charge in [-0.1, -0.05) is 6.07 Å². The maximum absolute atomic E-state index is 11.8. The minimum absolute atomic E-state index is 0.0712. The second-order valence-corrected chi connectivity index (χ2v) is 6.78. The summed E-state index contributed by atoms with van der Waals surface area (Å²) >= 11 is 4.35. The topological polar surface area (TPSA) is 85.1 Å². The zero-order valence-corrected chi connectivity index (χ0v) is 12.9. The Morgan fingerprint density at radius 3 is 2.95 bits per heavy atom. The molecule has 0 aliphatic heterocycles. The fourth-order valence-corrected chi connectivity index (χ4v) is 3.62. The summed E-state index contributed by atoms with van der Waals surface area (Å²) in [5.41, 5.74) is 5.90. The number of hydrogen-bond donors (Lipinski definition) is 2. The van der Waals surface area contributed by atoms with Crippen molar-refractivity contribution in [1.82, 2.24) is 4.98 Å². The molecule has 0 atom stereocenters. The fourth-order valence-electron chi connectivity index (χ4n) is 1.42. The van der Waals surface area contributed by atoms with Gasteiger partial charge < -0.3 is 11.1 Å². The lowest BCUT2D eigenvalue weighted by Crippen LogP contribution is -2.13. The summed E-state index contributed by atoms with van der Waals surface area (Å²) in [5.74, 6) is 0.477. The van der Waals surface area contributed by atoms with E-state index in [0.717, 1.165) is 10.6 Å². The van der Waals surface area contributed by atoms with Crippen molar-refractivity contribution in [1.29, 1.82) is 0 Å². The van der Waals surface area contributed by atoms with Crippen LogP contribution in [0.25, 0.3) is 0 Å². The Kier molecular flexibility index (Phi) is 5.57. The van der Waals surface area contributed by atoms with Gasteiger partial charge in [0, 0.05) is 16.0 Å². The Morgan fingerprint density at radius 1 is 1.40 bits per heavy atom. The molecule has 0 bridgehead atoms. The first kappa shape index (κ1) is 15.0. The van der Waals surface area contributed by atoms with Crippen LogP contribution in [0.1, 0.15) is 10.6 Å². The molecule has 2 aromatic heterocycles. The van der Waals surface area contributed by atoms with Crippen molar-refractivity contribution in [2.24, 2.45) is 5.73 Å². The number of amides is 2. The summed E-state index contributed by atoms with van der Waals surface area (Å²) in [5, 5.41) is 7.17. The van der Waals surface area contributed by atoms with Crippen LogP contribution < -0.4 is 11.1 Å². The average Bonchev–Trinajstić information content (AvgIpc) is 3.01. The van der Waals surface area contributed by atoms with Crippen LogP contribution in [0.2, 0.25) is 0 Å². The highest BCUT2D eigenvalue weighted by Gasteiger charge is 2.08. The molecule has 8 heteroatoms. The van der Waals surface area contributed by atoms with Gasteiger partial charge in [-0.25, -0.2) is 4.98 Å². The van der Waals surface area contributed by atoms with E-state index < -0.39 is 0 Å². The van der Waals surface area contributed by atoms with Crippen LogP contribution in [0.3, 0.4) is 0 Å². The number of nitrogens with two attached hydrogens (primary N) is 1. The Hall–Kier alpha value is -1.38. The second-order valence-electron chi connectivity index (χ2n) is 3.91. The van der Waals surface area contributed by atoms with Gasteiger partial charge in [0.1, 0.15) is 0 Å². The van der Waals surface area contributed by atoms with Crippen molar-refractivity contribution >= 4 is 51.4 Å². The van der Waals surface area contributed by atoms with E-state index in [1.54, 1.807) is 11.3 Å². The lowest BCUT2D eigenvalue weighted by atomic mass is 10.3. The summed E-state index contributed by atoms with van der Waals surface area (Å²) < 4.78 is 0. The molecule has 2 heterocycles.